The van der Waals surface area contributed by atoms with Crippen LogP contribution in [-0.4, -0.2) is 40.7 Å². The third-order valence-corrected chi connectivity index (χ3v) is 4.02. The van der Waals surface area contributed by atoms with E-state index in [-0.39, 0.29) is 17.9 Å². The maximum atomic E-state index is 12.8. The van der Waals surface area contributed by atoms with Gasteiger partial charge in [0.2, 0.25) is 0 Å². The topological polar surface area (TPSA) is 49.8 Å². The van der Waals surface area contributed by atoms with Crippen LogP contribution < -0.4 is 4.74 Å². The zero-order valence-electron chi connectivity index (χ0n) is 13.5. The number of aliphatic hydroxyl groups is 1. The normalized spacial score (nSPS) is 20.9. The fraction of sp³-hybridized carbons (Fsp3) is 0.588. The summed E-state index contributed by atoms with van der Waals surface area (Å²) in [4.78, 5) is 14.4. The van der Waals surface area contributed by atoms with Crippen molar-refractivity contribution in [3.8, 4) is 5.75 Å². The molecule has 0 saturated heterocycles. The third kappa shape index (κ3) is 3.21. The Kier molecular flexibility index (Phi) is 4.28. The molecule has 0 spiro atoms. The van der Waals surface area contributed by atoms with E-state index in [1.165, 1.54) is 0 Å². The predicted octanol–water partition coefficient (Wildman–Crippen LogP) is 2.80. The highest BCUT2D eigenvalue weighted by Gasteiger charge is 2.32. The molecule has 1 heterocycles. The van der Waals surface area contributed by atoms with Gasteiger partial charge in [-0.05, 0) is 33.8 Å². The number of nitrogens with zero attached hydrogens (tertiary/aromatic N) is 1. The number of carbonyl (C=O) groups excluding carboxylic acids is 1. The maximum Gasteiger partial charge on any atom is 0.257 e. The van der Waals surface area contributed by atoms with Gasteiger partial charge in [-0.3, -0.25) is 4.79 Å². The molecule has 2 atom stereocenters. The first-order valence-electron chi connectivity index (χ1n) is 7.56. The predicted molar refractivity (Wildman–Crippen MR) is 82.8 cm³/mol. The number of likely N-dealkylation sites (N-methyl/N-ethyl adjacent to an activating group) is 1. The average Bonchev–Trinajstić information content (AvgIpc) is 2.70. The number of amides is 1. The van der Waals surface area contributed by atoms with Crippen molar-refractivity contribution in [1.82, 2.24) is 4.90 Å². The number of benzene rings is 1. The highest BCUT2D eigenvalue weighted by atomic mass is 16.5. The van der Waals surface area contributed by atoms with Crippen molar-refractivity contribution in [1.29, 1.82) is 0 Å². The van der Waals surface area contributed by atoms with Crippen LogP contribution in [0.2, 0.25) is 0 Å². The monoisotopic (exact) mass is 291 g/mol. The van der Waals surface area contributed by atoms with Crippen molar-refractivity contribution in [2.75, 3.05) is 13.1 Å². The van der Waals surface area contributed by atoms with Crippen molar-refractivity contribution in [2.45, 2.75) is 52.2 Å². The smallest absolute Gasteiger partial charge is 0.257 e. The first-order valence-corrected chi connectivity index (χ1v) is 7.56. The molecule has 0 radical (unpaired) electrons. The molecule has 1 aliphatic rings. The Balaban J connectivity index is 2.33. The van der Waals surface area contributed by atoms with E-state index in [2.05, 4.69) is 6.92 Å². The molecular formula is C17H25NO3. The maximum absolute atomic E-state index is 12.8. The number of ether oxygens (including phenoxy) is 1. The lowest BCUT2D eigenvalue weighted by Gasteiger charge is -2.28. The van der Waals surface area contributed by atoms with Gasteiger partial charge >= 0.3 is 0 Å². The quantitative estimate of drug-likeness (QED) is 0.928. The van der Waals surface area contributed by atoms with Crippen LogP contribution in [0.4, 0.5) is 0 Å². The minimum atomic E-state index is -0.912. The summed E-state index contributed by atoms with van der Waals surface area (Å²) < 4.78 is 5.89. The second-order valence-electron chi connectivity index (χ2n) is 6.47. The Hall–Kier alpha value is -1.55. The van der Waals surface area contributed by atoms with E-state index in [0.29, 0.717) is 24.4 Å². The molecule has 0 bridgehead atoms. The molecule has 1 aliphatic heterocycles. The highest BCUT2D eigenvalue weighted by Crippen LogP contribution is 2.40. The van der Waals surface area contributed by atoms with Gasteiger partial charge in [0.25, 0.3) is 5.91 Å². The molecular weight excluding hydrogens is 266 g/mol. The number of fused-ring (bicyclic) bond motifs is 1. The van der Waals surface area contributed by atoms with Gasteiger partial charge in [-0.1, -0.05) is 19.1 Å². The molecule has 4 heteroatoms. The zero-order valence-corrected chi connectivity index (χ0v) is 13.5. The van der Waals surface area contributed by atoms with Crippen LogP contribution >= 0.6 is 0 Å². The van der Waals surface area contributed by atoms with Crippen LogP contribution in [-0.2, 0) is 0 Å². The fourth-order valence-corrected chi connectivity index (χ4v) is 2.72. The minimum Gasteiger partial charge on any atom is -0.489 e. The summed E-state index contributed by atoms with van der Waals surface area (Å²) in [7, 11) is 0. The molecule has 0 aliphatic carbocycles. The van der Waals surface area contributed by atoms with Gasteiger partial charge in [-0.2, -0.15) is 0 Å². The van der Waals surface area contributed by atoms with Crippen LogP contribution in [0.5, 0.6) is 5.75 Å². The summed E-state index contributed by atoms with van der Waals surface area (Å²) in [6.07, 6.45) is 0.0818. The standard InChI is InChI=1S/C17H25NO3/c1-6-18(10-17(4,5)20)16(19)14-9-7-8-13-11(2)12(3)21-15(13)14/h7-9,11-12,20H,6,10H2,1-5H3. The average molecular weight is 291 g/mol. The van der Waals surface area contributed by atoms with Crippen molar-refractivity contribution in [3.05, 3.63) is 29.3 Å². The Morgan fingerprint density at radius 3 is 2.62 bits per heavy atom. The largest absolute Gasteiger partial charge is 0.489 e. The van der Waals surface area contributed by atoms with Gasteiger partial charge in [0.05, 0.1) is 11.2 Å². The highest BCUT2D eigenvalue weighted by molar-refractivity contribution is 5.97. The number of hydrogen-bond donors (Lipinski definition) is 1. The Morgan fingerprint density at radius 1 is 1.38 bits per heavy atom. The number of para-hydroxylation sites is 1. The van der Waals surface area contributed by atoms with Gasteiger partial charge in [-0.15, -0.1) is 0 Å². The number of rotatable bonds is 4. The Labute approximate surface area is 126 Å². The summed E-state index contributed by atoms with van der Waals surface area (Å²) in [6, 6.07) is 5.73. The molecule has 21 heavy (non-hydrogen) atoms. The zero-order chi connectivity index (χ0) is 15.8. The van der Waals surface area contributed by atoms with Crippen LogP contribution in [0.1, 0.15) is 56.5 Å². The lowest BCUT2D eigenvalue weighted by atomic mass is 9.96. The first kappa shape index (κ1) is 15.8. The summed E-state index contributed by atoms with van der Waals surface area (Å²) in [6.45, 7) is 10.3. The van der Waals surface area contributed by atoms with Crippen LogP contribution in [0.15, 0.2) is 18.2 Å². The van der Waals surface area contributed by atoms with Crippen molar-refractivity contribution >= 4 is 5.91 Å². The summed E-state index contributed by atoms with van der Waals surface area (Å²) in [5.41, 5.74) is 0.771. The van der Waals surface area contributed by atoms with Crippen LogP contribution in [0.3, 0.4) is 0 Å². The molecule has 1 N–H and O–H groups in total. The second kappa shape index (κ2) is 5.68. The lowest BCUT2D eigenvalue weighted by molar-refractivity contribution is 0.0312. The van der Waals surface area contributed by atoms with Gasteiger partial charge in [-0.25, -0.2) is 0 Å². The Bertz CT molecular complexity index is 533. The molecule has 0 aromatic heterocycles. The van der Waals surface area contributed by atoms with E-state index in [4.69, 9.17) is 4.74 Å². The van der Waals surface area contributed by atoms with Gasteiger partial charge in [0.1, 0.15) is 11.9 Å². The van der Waals surface area contributed by atoms with E-state index in [9.17, 15) is 9.90 Å². The SMILES string of the molecule is CCN(CC(C)(C)O)C(=O)c1cccc2c1OC(C)C2C. The van der Waals surface area contributed by atoms with E-state index in [1.54, 1.807) is 24.8 Å². The lowest BCUT2D eigenvalue weighted by Crippen LogP contribution is -2.42. The molecule has 2 rings (SSSR count). The second-order valence-corrected chi connectivity index (χ2v) is 6.47. The molecule has 1 amide bonds. The van der Waals surface area contributed by atoms with E-state index < -0.39 is 5.60 Å². The molecule has 1 aromatic carbocycles. The van der Waals surface area contributed by atoms with Crippen molar-refractivity contribution < 1.29 is 14.6 Å². The van der Waals surface area contributed by atoms with Crippen LogP contribution in [0.25, 0.3) is 0 Å². The Morgan fingerprint density at radius 2 is 2.05 bits per heavy atom. The van der Waals surface area contributed by atoms with E-state index >= 15 is 0 Å². The van der Waals surface area contributed by atoms with Gasteiger partial charge in [0.15, 0.2) is 0 Å². The van der Waals surface area contributed by atoms with Crippen molar-refractivity contribution in [2.24, 2.45) is 0 Å². The molecule has 2 unspecified atom stereocenters. The fourth-order valence-electron chi connectivity index (χ4n) is 2.72. The molecule has 116 valence electrons. The van der Waals surface area contributed by atoms with Crippen LogP contribution in [0, 0.1) is 0 Å². The molecule has 0 fully saturated rings. The molecule has 0 saturated carbocycles. The summed E-state index contributed by atoms with van der Waals surface area (Å²) in [5, 5.41) is 9.97. The molecule has 4 nitrogen and oxygen atoms in total. The third-order valence-electron chi connectivity index (χ3n) is 4.02. The molecule has 1 aromatic rings. The van der Waals surface area contributed by atoms with Crippen molar-refractivity contribution in [3.63, 3.8) is 0 Å². The van der Waals surface area contributed by atoms with Gasteiger partial charge < -0.3 is 14.7 Å². The summed E-state index contributed by atoms with van der Waals surface area (Å²) in [5.74, 6) is 0.909. The van der Waals surface area contributed by atoms with Gasteiger partial charge in [0, 0.05) is 24.6 Å². The number of hydrogen-bond acceptors (Lipinski definition) is 3. The summed E-state index contributed by atoms with van der Waals surface area (Å²) >= 11 is 0. The van der Waals surface area contributed by atoms with E-state index in [1.807, 2.05) is 26.0 Å². The first-order chi connectivity index (χ1) is 9.74. The number of carbonyl (C=O) groups is 1. The van der Waals surface area contributed by atoms with E-state index in [0.717, 1.165) is 5.56 Å². The minimum absolute atomic E-state index is 0.0818.